The van der Waals surface area contributed by atoms with Gasteiger partial charge in [-0.1, -0.05) is 26.0 Å². The molecule has 0 aliphatic carbocycles. The Morgan fingerprint density at radius 3 is 2.36 bits per heavy atom. The first-order valence-electron chi connectivity index (χ1n) is 8.85. The van der Waals surface area contributed by atoms with Gasteiger partial charge in [-0.2, -0.15) is 0 Å². The fourth-order valence-electron chi connectivity index (χ4n) is 3.51. The van der Waals surface area contributed by atoms with Crippen molar-refractivity contribution in [1.82, 2.24) is 10.2 Å². The fourth-order valence-corrected chi connectivity index (χ4v) is 4.03. The molecule has 1 aliphatic heterocycles. The van der Waals surface area contributed by atoms with Crippen LogP contribution in [-0.2, 0) is 21.2 Å². The van der Waals surface area contributed by atoms with Gasteiger partial charge in [0.25, 0.3) is 0 Å². The summed E-state index contributed by atoms with van der Waals surface area (Å²) in [7, 11) is -3.65. The first-order valence-corrected chi connectivity index (χ1v) is 10.4. The van der Waals surface area contributed by atoms with Gasteiger partial charge in [0.15, 0.2) is 0 Å². The number of nitrogens with zero attached hydrogens (tertiary/aromatic N) is 1. The van der Waals surface area contributed by atoms with E-state index in [1.54, 1.807) is 12.1 Å². The summed E-state index contributed by atoms with van der Waals surface area (Å²) in [5, 5.41) is 8.00. The van der Waals surface area contributed by atoms with Crippen molar-refractivity contribution < 1.29 is 13.2 Å². The molecule has 2 atom stereocenters. The molecule has 1 aromatic carbocycles. The van der Waals surface area contributed by atoms with Gasteiger partial charge >= 0.3 is 0 Å². The predicted molar refractivity (Wildman–Crippen MR) is 98.5 cm³/mol. The van der Waals surface area contributed by atoms with E-state index in [0.717, 1.165) is 25.2 Å². The number of nitrogens with two attached hydrogens (primary N) is 1. The summed E-state index contributed by atoms with van der Waals surface area (Å²) in [6.07, 6.45) is 2.45. The van der Waals surface area contributed by atoms with Crippen LogP contribution in [0, 0.1) is 11.8 Å². The van der Waals surface area contributed by atoms with Crippen LogP contribution in [0.5, 0.6) is 0 Å². The third-order valence-corrected chi connectivity index (χ3v) is 5.52. The maximum absolute atomic E-state index is 12.0. The zero-order valence-electron chi connectivity index (χ0n) is 15.1. The Kier molecular flexibility index (Phi) is 6.98. The predicted octanol–water partition coefficient (Wildman–Crippen LogP) is 1.36. The number of carbonyl (C=O) groups is 1. The summed E-state index contributed by atoms with van der Waals surface area (Å²) < 4.78 is 22.4. The average molecular weight is 368 g/mol. The van der Waals surface area contributed by atoms with Gasteiger partial charge in [0, 0.05) is 32.6 Å². The normalized spacial score (nSPS) is 21.9. The lowest BCUT2D eigenvalue weighted by Gasteiger charge is -2.34. The maximum atomic E-state index is 12.0. The minimum absolute atomic E-state index is 0.0621. The Morgan fingerprint density at radius 1 is 1.20 bits per heavy atom. The van der Waals surface area contributed by atoms with Crippen molar-refractivity contribution in [1.29, 1.82) is 0 Å². The third-order valence-electron chi connectivity index (χ3n) is 4.59. The van der Waals surface area contributed by atoms with Crippen LogP contribution >= 0.6 is 0 Å². The van der Waals surface area contributed by atoms with Crippen LogP contribution in [0.15, 0.2) is 29.2 Å². The van der Waals surface area contributed by atoms with Crippen LogP contribution in [-0.4, -0.2) is 45.4 Å². The van der Waals surface area contributed by atoms with E-state index in [2.05, 4.69) is 24.1 Å². The van der Waals surface area contributed by atoms with Crippen molar-refractivity contribution in [3.05, 3.63) is 29.8 Å². The Morgan fingerprint density at radius 2 is 1.80 bits per heavy atom. The zero-order valence-corrected chi connectivity index (χ0v) is 15.9. The summed E-state index contributed by atoms with van der Waals surface area (Å²) in [4.78, 5) is 14.5. The summed E-state index contributed by atoms with van der Waals surface area (Å²) in [5.41, 5.74) is 0.964. The van der Waals surface area contributed by atoms with Crippen LogP contribution in [0.1, 0.15) is 32.3 Å². The second kappa shape index (κ2) is 8.78. The van der Waals surface area contributed by atoms with Crippen molar-refractivity contribution in [3.8, 4) is 0 Å². The smallest absolute Gasteiger partial charge is 0.238 e. The molecule has 1 saturated heterocycles. The highest BCUT2D eigenvalue weighted by Crippen LogP contribution is 2.20. The molecule has 0 bridgehead atoms. The molecular weight excluding hydrogens is 338 g/mol. The van der Waals surface area contributed by atoms with E-state index in [-0.39, 0.29) is 10.8 Å². The highest BCUT2D eigenvalue weighted by Gasteiger charge is 2.21. The Hall–Kier alpha value is -1.44. The summed E-state index contributed by atoms with van der Waals surface area (Å²) in [5.74, 6) is 1.46. The maximum Gasteiger partial charge on any atom is 0.238 e. The zero-order chi connectivity index (χ0) is 18.4. The van der Waals surface area contributed by atoms with Crippen LogP contribution in [0.2, 0.25) is 0 Å². The third kappa shape index (κ3) is 6.76. The number of rotatable bonds is 7. The molecule has 1 aromatic rings. The number of primary sulfonamides is 1. The largest absolute Gasteiger partial charge is 0.356 e. The molecule has 1 heterocycles. The number of carbonyl (C=O) groups excluding carboxylic acids is 1. The van der Waals surface area contributed by atoms with Crippen LogP contribution < -0.4 is 10.5 Å². The molecule has 0 aromatic heterocycles. The van der Waals surface area contributed by atoms with Crippen molar-refractivity contribution in [2.45, 2.75) is 38.0 Å². The van der Waals surface area contributed by atoms with Gasteiger partial charge in [-0.15, -0.1) is 0 Å². The van der Waals surface area contributed by atoms with E-state index in [0.29, 0.717) is 31.2 Å². The summed E-state index contributed by atoms with van der Waals surface area (Å²) in [6, 6.07) is 6.43. The second-order valence-electron chi connectivity index (χ2n) is 7.24. The molecule has 25 heavy (non-hydrogen) atoms. The SMILES string of the molecule is CC1CC(C)CN(CCC(=O)NCCc2ccc(S(N)(=O)=O)cc2)C1. The number of piperidine rings is 1. The van der Waals surface area contributed by atoms with E-state index in [1.807, 2.05) is 0 Å². The molecule has 1 fully saturated rings. The summed E-state index contributed by atoms with van der Waals surface area (Å²) >= 11 is 0. The van der Waals surface area contributed by atoms with E-state index in [4.69, 9.17) is 5.14 Å². The van der Waals surface area contributed by atoms with Gasteiger partial charge in [0.05, 0.1) is 4.90 Å². The van der Waals surface area contributed by atoms with Gasteiger partial charge in [-0.3, -0.25) is 4.79 Å². The van der Waals surface area contributed by atoms with Crippen molar-refractivity contribution in [3.63, 3.8) is 0 Å². The molecule has 0 saturated carbocycles. The number of nitrogens with one attached hydrogen (secondary N) is 1. The Bertz CT molecular complexity index is 663. The standard InChI is InChI=1S/C18H29N3O3S/c1-14-11-15(2)13-21(12-14)10-8-18(22)20-9-7-16-3-5-17(6-4-16)25(19,23)24/h3-6,14-15H,7-13H2,1-2H3,(H,20,22)(H2,19,23,24). The lowest BCUT2D eigenvalue weighted by atomic mass is 9.92. The molecule has 2 unspecified atom stereocenters. The fraction of sp³-hybridized carbons (Fsp3) is 0.611. The number of hydrogen-bond donors (Lipinski definition) is 2. The highest BCUT2D eigenvalue weighted by atomic mass is 32.2. The van der Waals surface area contributed by atoms with Crippen LogP contribution in [0.4, 0.5) is 0 Å². The van der Waals surface area contributed by atoms with Gasteiger partial charge < -0.3 is 10.2 Å². The minimum atomic E-state index is -3.65. The van der Waals surface area contributed by atoms with Crippen molar-refractivity contribution >= 4 is 15.9 Å². The van der Waals surface area contributed by atoms with Crippen LogP contribution in [0.3, 0.4) is 0 Å². The molecule has 6 nitrogen and oxygen atoms in total. The quantitative estimate of drug-likeness (QED) is 0.761. The molecule has 140 valence electrons. The average Bonchev–Trinajstić information content (AvgIpc) is 2.52. The molecule has 1 aliphatic rings. The number of sulfonamides is 1. The topological polar surface area (TPSA) is 92.5 Å². The Balaban J connectivity index is 1.68. The van der Waals surface area contributed by atoms with Gasteiger partial charge in [0.2, 0.25) is 15.9 Å². The highest BCUT2D eigenvalue weighted by molar-refractivity contribution is 7.89. The van der Waals surface area contributed by atoms with E-state index >= 15 is 0 Å². The van der Waals surface area contributed by atoms with E-state index in [9.17, 15) is 13.2 Å². The second-order valence-corrected chi connectivity index (χ2v) is 8.81. The number of amides is 1. The molecule has 7 heteroatoms. The molecular formula is C18H29N3O3S. The monoisotopic (exact) mass is 367 g/mol. The molecule has 2 rings (SSSR count). The lowest BCUT2D eigenvalue weighted by Crippen LogP contribution is -2.40. The number of benzene rings is 1. The summed E-state index contributed by atoms with van der Waals surface area (Å²) in [6.45, 7) is 8.04. The van der Waals surface area contributed by atoms with Gasteiger partial charge in [-0.25, -0.2) is 13.6 Å². The molecule has 0 radical (unpaired) electrons. The molecule has 1 amide bonds. The van der Waals surface area contributed by atoms with E-state index in [1.165, 1.54) is 18.6 Å². The van der Waals surface area contributed by atoms with E-state index < -0.39 is 10.0 Å². The molecule has 0 spiro atoms. The lowest BCUT2D eigenvalue weighted by molar-refractivity contribution is -0.121. The van der Waals surface area contributed by atoms with Gasteiger partial charge in [0.1, 0.15) is 0 Å². The van der Waals surface area contributed by atoms with Crippen LogP contribution in [0.25, 0.3) is 0 Å². The number of likely N-dealkylation sites (tertiary alicyclic amines) is 1. The number of hydrogen-bond acceptors (Lipinski definition) is 4. The first kappa shape index (κ1) is 19.9. The Labute approximate surface area is 150 Å². The van der Waals surface area contributed by atoms with Gasteiger partial charge in [-0.05, 0) is 42.4 Å². The first-order chi connectivity index (χ1) is 11.7. The molecule has 3 N–H and O–H groups in total. The van der Waals surface area contributed by atoms with Crippen molar-refractivity contribution in [2.75, 3.05) is 26.2 Å². The minimum Gasteiger partial charge on any atom is -0.356 e. The van der Waals surface area contributed by atoms with Crippen molar-refractivity contribution in [2.24, 2.45) is 17.0 Å².